The molecule has 15 heavy (non-hydrogen) atoms. The number of hydrogen-bond acceptors (Lipinski definition) is 1. The average Bonchev–Trinajstić information content (AvgIpc) is 2.72. The van der Waals surface area contributed by atoms with Crippen LogP contribution in [0.5, 0.6) is 0 Å². The zero-order chi connectivity index (χ0) is 10.6. The molecule has 1 aliphatic carbocycles. The second-order valence-electron chi connectivity index (χ2n) is 4.48. The quantitative estimate of drug-likeness (QED) is 0.648. The number of benzene rings is 1. The highest BCUT2D eigenvalue weighted by Crippen LogP contribution is 2.51. The van der Waals surface area contributed by atoms with E-state index in [0.29, 0.717) is 0 Å². The Labute approximate surface area is 102 Å². The molecule has 0 spiro atoms. The number of fused-ring (bicyclic) bond motifs is 3. The smallest absolute Gasteiger partial charge is 0.0386 e. The first-order valence-electron chi connectivity index (χ1n) is 4.99. The Morgan fingerprint density at radius 2 is 1.93 bits per heavy atom. The predicted octanol–water partition coefficient (Wildman–Crippen LogP) is 4.82. The highest BCUT2D eigenvalue weighted by molar-refractivity contribution is 9.10. The van der Waals surface area contributed by atoms with Gasteiger partial charge in [-0.15, -0.1) is 11.3 Å². The summed E-state index contributed by atoms with van der Waals surface area (Å²) in [5.74, 6) is 0. The monoisotopic (exact) mass is 278 g/mol. The van der Waals surface area contributed by atoms with Crippen LogP contribution in [0.15, 0.2) is 34.1 Å². The molecule has 0 fully saturated rings. The van der Waals surface area contributed by atoms with Crippen LogP contribution in [0.4, 0.5) is 0 Å². The first kappa shape index (κ1) is 9.61. The minimum absolute atomic E-state index is 0.161. The van der Waals surface area contributed by atoms with Gasteiger partial charge in [-0.2, -0.15) is 0 Å². The number of hydrogen-bond donors (Lipinski definition) is 0. The van der Waals surface area contributed by atoms with E-state index in [2.05, 4.69) is 59.4 Å². The van der Waals surface area contributed by atoms with Gasteiger partial charge in [0, 0.05) is 14.8 Å². The second-order valence-corrected chi connectivity index (χ2v) is 6.31. The first-order chi connectivity index (χ1) is 7.10. The van der Waals surface area contributed by atoms with Gasteiger partial charge in [0.2, 0.25) is 0 Å². The number of rotatable bonds is 0. The van der Waals surface area contributed by atoms with Crippen molar-refractivity contribution in [1.29, 1.82) is 0 Å². The molecular weight excluding hydrogens is 268 g/mol. The van der Waals surface area contributed by atoms with Gasteiger partial charge in [-0.25, -0.2) is 0 Å². The summed E-state index contributed by atoms with van der Waals surface area (Å²) in [7, 11) is 0. The van der Waals surface area contributed by atoms with Crippen LogP contribution < -0.4 is 0 Å². The fourth-order valence-corrected chi connectivity index (χ4v) is 3.84. The van der Waals surface area contributed by atoms with Crippen molar-refractivity contribution in [1.82, 2.24) is 0 Å². The van der Waals surface area contributed by atoms with Crippen LogP contribution in [0.2, 0.25) is 0 Å². The maximum absolute atomic E-state index is 3.55. The second kappa shape index (κ2) is 2.96. The molecule has 76 valence electrons. The third kappa shape index (κ3) is 1.18. The lowest BCUT2D eigenvalue weighted by atomic mass is 9.83. The molecule has 0 atom stereocenters. The zero-order valence-corrected chi connectivity index (χ0v) is 11.1. The van der Waals surface area contributed by atoms with E-state index in [4.69, 9.17) is 0 Å². The van der Waals surface area contributed by atoms with Crippen molar-refractivity contribution in [3.05, 3.63) is 45.2 Å². The van der Waals surface area contributed by atoms with Gasteiger partial charge in [-0.3, -0.25) is 0 Å². The van der Waals surface area contributed by atoms with Crippen molar-refractivity contribution in [2.24, 2.45) is 0 Å². The van der Waals surface area contributed by atoms with Crippen LogP contribution in [0.25, 0.3) is 10.4 Å². The van der Waals surface area contributed by atoms with Crippen LogP contribution in [0, 0.1) is 0 Å². The maximum atomic E-state index is 3.55. The van der Waals surface area contributed by atoms with Crippen molar-refractivity contribution in [2.75, 3.05) is 0 Å². The Bertz CT molecular complexity index is 537. The first-order valence-corrected chi connectivity index (χ1v) is 6.66. The summed E-state index contributed by atoms with van der Waals surface area (Å²) in [6, 6.07) is 8.86. The largest absolute Gasteiger partial charge is 0.143 e. The predicted molar refractivity (Wildman–Crippen MR) is 69.6 cm³/mol. The van der Waals surface area contributed by atoms with Crippen molar-refractivity contribution >= 4 is 27.3 Å². The Morgan fingerprint density at radius 1 is 1.13 bits per heavy atom. The lowest BCUT2D eigenvalue weighted by molar-refractivity contribution is 0.661. The van der Waals surface area contributed by atoms with Crippen LogP contribution >= 0.6 is 27.3 Å². The fraction of sp³-hybridized carbons (Fsp3) is 0.231. The van der Waals surface area contributed by atoms with E-state index in [-0.39, 0.29) is 5.41 Å². The standard InChI is InChI=1S/C13H11BrS/c1-13(2)10-5-6-15-12(10)9-4-3-8(14)7-11(9)13/h3-7H,1-2H3. The maximum Gasteiger partial charge on any atom is 0.0386 e. The normalized spacial score (nSPS) is 16.2. The lowest BCUT2D eigenvalue weighted by Gasteiger charge is -2.20. The number of halogens is 1. The zero-order valence-electron chi connectivity index (χ0n) is 8.67. The third-order valence-electron chi connectivity index (χ3n) is 3.24. The highest BCUT2D eigenvalue weighted by Gasteiger charge is 2.36. The molecule has 1 aromatic heterocycles. The topological polar surface area (TPSA) is 0 Å². The Balaban J connectivity index is 2.39. The van der Waals surface area contributed by atoms with Gasteiger partial charge in [0.15, 0.2) is 0 Å². The van der Waals surface area contributed by atoms with E-state index in [0.717, 1.165) is 0 Å². The minimum atomic E-state index is 0.161. The molecule has 1 aromatic carbocycles. The molecule has 3 rings (SSSR count). The van der Waals surface area contributed by atoms with Gasteiger partial charge in [-0.05, 0) is 40.3 Å². The van der Waals surface area contributed by atoms with Gasteiger partial charge in [0.25, 0.3) is 0 Å². The van der Waals surface area contributed by atoms with Gasteiger partial charge in [0.05, 0.1) is 0 Å². The van der Waals surface area contributed by atoms with Gasteiger partial charge < -0.3 is 0 Å². The van der Waals surface area contributed by atoms with E-state index in [1.807, 2.05) is 11.3 Å². The molecule has 0 saturated heterocycles. The van der Waals surface area contributed by atoms with E-state index >= 15 is 0 Å². The Kier molecular flexibility index (Phi) is 1.89. The van der Waals surface area contributed by atoms with E-state index in [1.54, 1.807) is 0 Å². The average molecular weight is 279 g/mol. The van der Waals surface area contributed by atoms with Crippen LogP contribution in [0.1, 0.15) is 25.0 Å². The van der Waals surface area contributed by atoms with Crippen LogP contribution in [-0.2, 0) is 5.41 Å². The van der Waals surface area contributed by atoms with Gasteiger partial charge in [-0.1, -0.05) is 35.8 Å². The van der Waals surface area contributed by atoms with Gasteiger partial charge in [0.1, 0.15) is 0 Å². The minimum Gasteiger partial charge on any atom is -0.143 e. The number of thiophene rings is 1. The van der Waals surface area contributed by atoms with Crippen LogP contribution in [-0.4, -0.2) is 0 Å². The SMILES string of the molecule is CC1(C)c2cc(Br)ccc2-c2sccc21. The summed E-state index contributed by atoms with van der Waals surface area (Å²) in [4.78, 5) is 1.45. The highest BCUT2D eigenvalue weighted by atomic mass is 79.9. The summed E-state index contributed by atoms with van der Waals surface area (Å²) in [6.45, 7) is 4.60. The Hall–Kier alpha value is -0.600. The molecule has 1 aliphatic rings. The fourth-order valence-electron chi connectivity index (χ4n) is 2.39. The molecule has 0 N–H and O–H groups in total. The molecule has 0 radical (unpaired) electrons. The van der Waals surface area contributed by atoms with E-state index < -0.39 is 0 Å². The summed E-state index contributed by atoms with van der Waals surface area (Å²) in [5.41, 5.74) is 4.49. The van der Waals surface area contributed by atoms with Crippen molar-refractivity contribution in [3.8, 4) is 10.4 Å². The van der Waals surface area contributed by atoms with Crippen molar-refractivity contribution in [2.45, 2.75) is 19.3 Å². The summed E-state index contributed by atoms with van der Waals surface area (Å²) in [6.07, 6.45) is 0. The molecule has 0 aliphatic heterocycles. The van der Waals surface area contributed by atoms with E-state index in [9.17, 15) is 0 Å². The summed E-state index contributed by atoms with van der Waals surface area (Å²) in [5, 5.41) is 2.19. The van der Waals surface area contributed by atoms with E-state index in [1.165, 1.54) is 26.0 Å². The van der Waals surface area contributed by atoms with Crippen molar-refractivity contribution < 1.29 is 0 Å². The molecule has 0 unspecified atom stereocenters. The molecule has 2 heteroatoms. The summed E-state index contributed by atoms with van der Waals surface area (Å²) >= 11 is 5.40. The summed E-state index contributed by atoms with van der Waals surface area (Å²) < 4.78 is 1.17. The molecule has 0 amide bonds. The van der Waals surface area contributed by atoms with Crippen LogP contribution in [0.3, 0.4) is 0 Å². The molecule has 2 aromatic rings. The third-order valence-corrected chi connectivity index (χ3v) is 4.68. The Morgan fingerprint density at radius 3 is 2.73 bits per heavy atom. The molecular formula is C13H11BrS. The van der Waals surface area contributed by atoms with Gasteiger partial charge >= 0.3 is 0 Å². The molecule has 0 nitrogen and oxygen atoms in total. The molecule has 0 saturated carbocycles. The molecule has 1 heterocycles. The lowest BCUT2D eigenvalue weighted by Crippen LogP contribution is -2.14. The van der Waals surface area contributed by atoms with Crippen molar-refractivity contribution in [3.63, 3.8) is 0 Å². The molecule has 0 bridgehead atoms.